The molecule has 0 aromatic carbocycles. The van der Waals surface area contributed by atoms with E-state index in [-0.39, 0.29) is 5.91 Å². The number of carbonyl (C=O) groups excluding carboxylic acids is 1. The van der Waals surface area contributed by atoms with Crippen molar-refractivity contribution in [1.82, 2.24) is 16.0 Å². The lowest BCUT2D eigenvalue weighted by Crippen LogP contribution is -2.38. The molecular formula is C11H23N3O. The molecule has 0 radical (unpaired) electrons. The van der Waals surface area contributed by atoms with E-state index in [1.807, 2.05) is 0 Å². The molecule has 1 aliphatic rings. The van der Waals surface area contributed by atoms with Crippen molar-refractivity contribution in [2.75, 3.05) is 32.7 Å². The van der Waals surface area contributed by atoms with E-state index in [1.165, 1.54) is 12.8 Å². The van der Waals surface area contributed by atoms with E-state index in [1.54, 1.807) is 0 Å². The zero-order chi connectivity index (χ0) is 10.9. The maximum Gasteiger partial charge on any atom is 0.234 e. The first-order valence-electron chi connectivity index (χ1n) is 6.01. The van der Waals surface area contributed by atoms with Crippen molar-refractivity contribution in [2.24, 2.45) is 5.92 Å². The minimum Gasteiger partial charge on any atom is -0.354 e. The molecule has 1 aliphatic carbocycles. The van der Waals surface area contributed by atoms with Gasteiger partial charge in [0.1, 0.15) is 0 Å². The molecular weight excluding hydrogens is 190 g/mol. The van der Waals surface area contributed by atoms with Crippen LogP contribution in [0.3, 0.4) is 0 Å². The topological polar surface area (TPSA) is 53.2 Å². The van der Waals surface area contributed by atoms with Gasteiger partial charge in [-0.2, -0.15) is 0 Å². The van der Waals surface area contributed by atoms with Crippen molar-refractivity contribution in [3.05, 3.63) is 0 Å². The lowest BCUT2D eigenvalue weighted by atomic mass is 10.4. The molecule has 4 heteroatoms. The van der Waals surface area contributed by atoms with Crippen molar-refractivity contribution >= 4 is 5.91 Å². The molecule has 0 bridgehead atoms. The predicted molar refractivity (Wildman–Crippen MR) is 61.8 cm³/mol. The van der Waals surface area contributed by atoms with Crippen LogP contribution in [-0.2, 0) is 4.79 Å². The van der Waals surface area contributed by atoms with Gasteiger partial charge in [0, 0.05) is 13.1 Å². The summed E-state index contributed by atoms with van der Waals surface area (Å²) in [6, 6.07) is 0. The summed E-state index contributed by atoms with van der Waals surface area (Å²) >= 11 is 0. The highest BCUT2D eigenvalue weighted by atomic mass is 16.1. The summed E-state index contributed by atoms with van der Waals surface area (Å²) in [5.74, 6) is 0.943. The number of hydrogen-bond acceptors (Lipinski definition) is 3. The Balaban J connectivity index is 1.80. The Kier molecular flexibility index (Phi) is 6.36. The molecule has 0 heterocycles. The second kappa shape index (κ2) is 7.65. The van der Waals surface area contributed by atoms with Crippen molar-refractivity contribution in [3.63, 3.8) is 0 Å². The van der Waals surface area contributed by atoms with Gasteiger partial charge in [0.05, 0.1) is 6.54 Å². The van der Waals surface area contributed by atoms with E-state index in [9.17, 15) is 4.79 Å². The van der Waals surface area contributed by atoms with Crippen molar-refractivity contribution in [2.45, 2.75) is 26.2 Å². The summed E-state index contributed by atoms with van der Waals surface area (Å²) in [4.78, 5) is 11.3. The van der Waals surface area contributed by atoms with E-state index in [2.05, 4.69) is 22.9 Å². The maximum atomic E-state index is 11.3. The first-order chi connectivity index (χ1) is 7.33. The van der Waals surface area contributed by atoms with E-state index < -0.39 is 0 Å². The van der Waals surface area contributed by atoms with Gasteiger partial charge in [-0.15, -0.1) is 0 Å². The third kappa shape index (κ3) is 7.33. The zero-order valence-electron chi connectivity index (χ0n) is 9.64. The molecule has 1 saturated carbocycles. The number of rotatable bonds is 9. The van der Waals surface area contributed by atoms with E-state index in [4.69, 9.17) is 0 Å². The van der Waals surface area contributed by atoms with Gasteiger partial charge in [-0.25, -0.2) is 0 Å². The van der Waals surface area contributed by atoms with Crippen molar-refractivity contribution in [1.29, 1.82) is 0 Å². The molecule has 1 amide bonds. The van der Waals surface area contributed by atoms with Gasteiger partial charge >= 0.3 is 0 Å². The minimum atomic E-state index is 0.106. The molecule has 0 aromatic rings. The Morgan fingerprint density at radius 1 is 1.20 bits per heavy atom. The molecule has 0 unspecified atom stereocenters. The summed E-state index contributed by atoms with van der Waals surface area (Å²) in [7, 11) is 0. The largest absolute Gasteiger partial charge is 0.354 e. The Morgan fingerprint density at radius 3 is 2.67 bits per heavy atom. The molecule has 0 atom stereocenters. The smallest absolute Gasteiger partial charge is 0.234 e. The highest BCUT2D eigenvalue weighted by Gasteiger charge is 2.20. The molecule has 0 spiro atoms. The SMILES string of the molecule is CCCNCCNC(=O)CNCC1CC1. The number of nitrogens with one attached hydrogen (secondary N) is 3. The van der Waals surface area contributed by atoms with E-state index in [0.717, 1.165) is 38.5 Å². The second-order valence-corrected chi connectivity index (χ2v) is 4.17. The average molecular weight is 213 g/mol. The van der Waals surface area contributed by atoms with Gasteiger partial charge in [0.25, 0.3) is 0 Å². The van der Waals surface area contributed by atoms with Gasteiger partial charge in [0.2, 0.25) is 5.91 Å². The Bertz CT molecular complexity index is 181. The monoisotopic (exact) mass is 213 g/mol. The van der Waals surface area contributed by atoms with Gasteiger partial charge < -0.3 is 16.0 Å². The third-order valence-corrected chi connectivity index (χ3v) is 2.47. The Morgan fingerprint density at radius 2 is 2.00 bits per heavy atom. The van der Waals surface area contributed by atoms with Gasteiger partial charge in [-0.3, -0.25) is 4.79 Å². The van der Waals surface area contributed by atoms with Crippen LogP contribution in [0.5, 0.6) is 0 Å². The van der Waals surface area contributed by atoms with Crippen molar-refractivity contribution < 1.29 is 4.79 Å². The fourth-order valence-corrected chi connectivity index (χ4v) is 1.37. The molecule has 15 heavy (non-hydrogen) atoms. The zero-order valence-corrected chi connectivity index (χ0v) is 9.64. The third-order valence-electron chi connectivity index (χ3n) is 2.47. The fourth-order valence-electron chi connectivity index (χ4n) is 1.37. The fraction of sp³-hybridized carbons (Fsp3) is 0.909. The summed E-state index contributed by atoms with van der Waals surface area (Å²) in [6.07, 6.45) is 3.79. The molecule has 0 saturated heterocycles. The van der Waals surface area contributed by atoms with Crippen molar-refractivity contribution in [3.8, 4) is 0 Å². The maximum absolute atomic E-state index is 11.3. The summed E-state index contributed by atoms with van der Waals surface area (Å²) in [6.45, 7) is 6.21. The van der Waals surface area contributed by atoms with Crippen LogP contribution in [0, 0.1) is 5.92 Å². The Labute approximate surface area is 92.2 Å². The van der Waals surface area contributed by atoms with Crippen LogP contribution in [0.4, 0.5) is 0 Å². The average Bonchev–Trinajstić information content (AvgIpc) is 3.01. The molecule has 3 N–H and O–H groups in total. The first kappa shape index (κ1) is 12.5. The summed E-state index contributed by atoms with van der Waals surface area (Å²) in [5.41, 5.74) is 0. The Hall–Kier alpha value is -0.610. The van der Waals surface area contributed by atoms with Gasteiger partial charge in [-0.1, -0.05) is 6.92 Å². The standard InChI is InChI=1S/C11H23N3O/c1-2-5-12-6-7-14-11(15)9-13-8-10-3-4-10/h10,12-13H,2-9H2,1H3,(H,14,15). The van der Waals surface area contributed by atoms with E-state index >= 15 is 0 Å². The highest BCUT2D eigenvalue weighted by Crippen LogP contribution is 2.27. The van der Waals surface area contributed by atoms with Gasteiger partial charge in [-0.05, 0) is 38.3 Å². The van der Waals surface area contributed by atoms with Crippen LogP contribution >= 0.6 is 0 Å². The van der Waals surface area contributed by atoms with Crippen LogP contribution in [0.25, 0.3) is 0 Å². The van der Waals surface area contributed by atoms with Crippen LogP contribution in [0.2, 0.25) is 0 Å². The van der Waals surface area contributed by atoms with Gasteiger partial charge in [0.15, 0.2) is 0 Å². The highest BCUT2D eigenvalue weighted by molar-refractivity contribution is 5.77. The molecule has 4 nitrogen and oxygen atoms in total. The predicted octanol–water partition coefficient (Wildman–Crippen LogP) is 0.102. The van der Waals surface area contributed by atoms with Crippen LogP contribution < -0.4 is 16.0 Å². The molecule has 0 aromatic heterocycles. The lowest BCUT2D eigenvalue weighted by Gasteiger charge is -2.06. The number of carbonyl (C=O) groups is 1. The lowest BCUT2D eigenvalue weighted by molar-refractivity contribution is -0.120. The molecule has 1 rings (SSSR count). The first-order valence-corrected chi connectivity index (χ1v) is 6.01. The minimum absolute atomic E-state index is 0.106. The van der Waals surface area contributed by atoms with Crippen LogP contribution in [0.15, 0.2) is 0 Å². The summed E-state index contributed by atoms with van der Waals surface area (Å²) < 4.78 is 0. The molecule has 1 fully saturated rings. The summed E-state index contributed by atoms with van der Waals surface area (Å²) in [5, 5.41) is 9.28. The molecule has 0 aliphatic heterocycles. The van der Waals surface area contributed by atoms with Crippen LogP contribution in [0.1, 0.15) is 26.2 Å². The number of hydrogen-bond donors (Lipinski definition) is 3. The number of amides is 1. The second-order valence-electron chi connectivity index (χ2n) is 4.17. The van der Waals surface area contributed by atoms with E-state index in [0.29, 0.717) is 6.54 Å². The normalized spacial score (nSPS) is 15.3. The van der Waals surface area contributed by atoms with Crippen LogP contribution in [-0.4, -0.2) is 38.6 Å². The molecule has 88 valence electrons. The quantitative estimate of drug-likeness (QED) is 0.476.